The number of hydrogen-bond acceptors (Lipinski definition) is 3. The summed E-state index contributed by atoms with van der Waals surface area (Å²) < 4.78 is 0. The molecule has 1 aromatic rings. The average Bonchev–Trinajstić information content (AvgIpc) is 2.81. The third-order valence-corrected chi connectivity index (χ3v) is 4.23. The summed E-state index contributed by atoms with van der Waals surface area (Å²) in [4.78, 5) is 27.1. The Morgan fingerprint density at radius 2 is 1.81 bits per heavy atom. The standard InChI is InChI=1S/C16H27N3O2/c1-6-12-13(11(5)20)10(4)19-14(12)15(21)18-9-16(17,7-2)8-3/h19H,6-9,17H2,1-5H3,(H,18,21). The average molecular weight is 293 g/mol. The van der Waals surface area contributed by atoms with Crippen LogP contribution in [-0.2, 0) is 6.42 Å². The summed E-state index contributed by atoms with van der Waals surface area (Å²) in [6, 6.07) is 0. The van der Waals surface area contributed by atoms with Gasteiger partial charge in [-0.2, -0.15) is 0 Å². The minimum Gasteiger partial charge on any atom is -0.354 e. The van der Waals surface area contributed by atoms with E-state index in [9.17, 15) is 9.59 Å². The zero-order valence-electron chi connectivity index (χ0n) is 13.7. The smallest absolute Gasteiger partial charge is 0.268 e. The molecule has 0 aliphatic rings. The highest BCUT2D eigenvalue weighted by Gasteiger charge is 2.24. The number of aromatic nitrogens is 1. The van der Waals surface area contributed by atoms with Gasteiger partial charge in [-0.3, -0.25) is 9.59 Å². The Bertz CT molecular complexity index is 528. The summed E-state index contributed by atoms with van der Waals surface area (Å²) in [6.45, 7) is 9.74. The van der Waals surface area contributed by atoms with Crippen LogP contribution in [0.4, 0.5) is 0 Å². The number of Topliss-reactive ketones (excluding diaryl/α,β-unsaturated/α-hetero) is 1. The van der Waals surface area contributed by atoms with Crippen LogP contribution in [0.2, 0.25) is 0 Å². The molecule has 1 amide bonds. The highest BCUT2D eigenvalue weighted by atomic mass is 16.2. The van der Waals surface area contributed by atoms with Crippen LogP contribution in [0, 0.1) is 6.92 Å². The first-order chi connectivity index (χ1) is 9.79. The Kier molecular flexibility index (Phi) is 5.72. The van der Waals surface area contributed by atoms with Gasteiger partial charge in [0.2, 0.25) is 0 Å². The van der Waals surface area contributed by atoms with E-state index in [-0.39, 0.29) is 17.2 Å². The summed E-state index contributed by atoms with van der Waals surface area (Å²) in [7, 11) is 0. The molecule has 118 valence electrons. The maximum atomic E-state index is 12.4. The first-order valence-electron chi connectivity index (χ1n) is 7.59. The number of nitrogens with one attached hydrogen (secondary N) is 2. The van der Waals surface area contributed by atoms with Gasteiger partial charge in [-0.05, 0) is 38.7 Å². The van der Waals surface area contributed by atoms with Crippen molar-refractivity contribution < 1.29 is 9.59 Å². The molecule has 0 fully saturated rings. The minimum absolute atomic E-state index is 0.0186. The van der Waals surface area contributed by atoms with E-state index in [1.54, 1.807) is 0 Å². The van der Waals surface area contributed by atoms with Gasteiger partial charge in [-0.15, -0.1) is 0 Å². The molecule has 0 saturated carbocycles. The van der Waals surface area contributed by atoms with E-state index < -0.39 is 0 Å². The van der Waals surface area contributed by atoms with Gasteiger partial charge in [0.25, 0.3) is 5.91 Å². The molecule has 21 heavy (non-hydrogen) atoms. The van der Waals surface area contributed by atoms with Gasteiger partial charge in [-0.1, -0.05) is 20.8 Å². The molecule has 5 heteroatoms. The van der Waals surface area contributed by atoms with Crippen LogP contribution in [0.15, 0.2) is 0 Å². The van der Waals surface area contributed by atoms with Gasteiger partial charge in [0, 0.05) is 23.3 Å². The normalized spacial score (nSPS) is 11.5. The molecule has 0 aliphatic heterocycles. The molecule has 0 unspecified atom stereocenters. The summed E-state index contributed by atoms with van der Waals surface area (Å²) >= 11 is 0. The molecule has 0 spiro atoms. The summed E-state index contributed by atoms with van der Waals surface area (Å²) in [5, 5.41) is 2.89. The second kappa shape index (κ2) is 6.89. The number of aromatic amines is 1. The fourth-order valence-electron chi connectivity index (χ4n) is 2.55. The van der Waals surface area contributed by atoms with Crippen molar-refractivity contribution >= 4 is 11.7 Å². The van der Waals surface area contributed by atoms with Crippen LogP contribution in [0.5, 0.6) is 0 Å². The van der Waals surface area contributed by atoms with E-state index in [2.05, 4.69) is 10.3 Å². The van der Waals surface area contributed by atoms with Crippen molar-refractivity contribution in [1.29, 1.82) is 0 Å². The third-order valence-electron chi connectivity index (χ3n) is 4.23. The molecule has 5 nitrogen and oxygen atoms in total. The van der Waals surface area contributed by atoms with Crippen molar-refractivity contribution in [2.24, 2.45) is 5.73 Å². The van der Waals surface area contributed by atoms with E-state index in [4.69, 9.17) is 5.73 Å². The number of aryl methyl sites for hydroxylation is 1. The van der Waals surface area contributed by atoms with Gasteiger partial charge < -0.3 is 16.0 Å². The molecule has 4 N–H and O–H groups in total. The van der Waals surface area contributed by atoms with Gasteiger partial charge in [0.15, 0.2) is 5.78 Å². The number of nitrogens with two attached hydrogens (primary N) is 1. The number of rotatable bonds is 7. The molecule has 0 bridgehead atoms. The van der Waals surface area contributed by atoms with Crippen molar-refractivity contribution in [3.05, 3.63) is 22.5 Å². The Morgan fingerprint density at radius 3 is 2.24 bits per heavy atom. The van der Waals surface area contributed by atoms with Crippen LogP contribution < -0.4 is 11.1 Å². The molecule has 0 atom stereocenters. The zero-order valence-corrected chi connectivity index (χ0v) is 13.7. The van der Waals surface area contributed by atoms with Crippen molar-refractivity contribution in [3.8, 4) is 0 Å². The number of hydrogen-bond donors (Lipinski definition) is 3. The topological polar surface area (TPSA) is 88.0 Å². The van der Waals surface area contributed by atoms with Crippen molar-refractivity contribution in [2.75, 3.05) is 6.54 Å². The molecular formula is C16H27N3O2. The fraction of sp³-hybridized carbons (Fsp3) is 0.625. The fourth-order valence-corrected chi connectivity index (χ4v) is 2.55. The van der Waals surface area contributed by atoms with Gasteiger partial charge in [0.1, 0.15) is 5.69 Å². The molecule has 1 rings (SSSR count). The molecule has 0 aromatic carbocycles. The first-order valence-corrected chi connectivity index (χ1v) is 7.59. The first kappa shape index (κ1) is 17.4. The lowest BCUT2D eigenvalue weighted by Gasteiger charge is -2.26. The number of H-pyrrole nitrogens is 1. The summed E-state index contributed by atoms with van der Waals surface area (Å²) in [5.41, 5.74) is 8.46. The Morgan fingerprint density at radius 1 is 1.24 bits per heavy atom. The quantitative estimate of drug-likeness (QED) is 0.674. The van der Waals surface area contributed by atoms with E-state index >= 15 is 0 Å². The lowest BCUT2D eigenvalue weighted by molar-refractivity contribution is 0.0936. The van der Waals surface area contributed by atoms with Gasteiger partial charge in [-0.25, -0.2) is 0 Å². The SMILES string of the molecule is CCc1c(C(=O)NCC(N)(CC)CC)[nH]c(C)c1C(C)=O. The van der Waals surface area contributed by atoms with E-state index in [1.807, 2.05) is 27.7 Å². The summed E-state index contributed by atoms with van der Waals surface area (Å²) in [5.74, 6) is -0.214. The Hall–Kier alpha value is -1.62. The summed E-state index contributed by atoms with van der Waals surface area (Å²) in [6.07, 6.45) is 2.23. The molecule has 1 aromatic heterocycles. The van der Waals surface area contributed by atoms with Gasteiger partial charge in [0.05, 0.1) is 0 Å². The predicted octanol–water partition coefficient (Wildman–Crippen LogP) is 2.34. The molecule has 0 saturated heterocycles. The largest absolute Gasteiger partial charge is 0.354 e. The maximum absolute atomic E-state index is 12.4. The van der Waals surface area contributed by atoms with E-state index in [1.165, 1.54) is 6.92 Å². The molecule has 0 aliphatic carbocycles. The second-order valence-corrected chi connectivity index (χ2v) is 5.64. The van der Waals surface area contributed by atoms with E-state index in [0.29, 0.717) is 24.2 Å². The highest BCUT2D eigenvalue weighted by molar-refractivity contribution is 6.02. The van der Waals surface area contributed by atoms with Crippen LogP contribution in [0.25, 0.3) is 0 Å². The Labute approximate surface area is 126 Å². The lowest BCUT2D eigenvalue weighted by Crippen LogP contribution is -2.49. The second-order valence-electron chi connectivity index (χ2n) is 5.64. The molecular weight excluding hydrogens is 266 g/mol. The predicted molar refractivity (Wildman–Crippen MR) is 84.7 cm³/mol. The monoisotopic (exact) mass is 293 g/mol. The molecule has 1 heterocycles. The number of carbonyl (C=O) groups is 2. The Balaban J connectivity index is 2.99. The van der Waals surface area contributed by atoms with Crippen molar-refractivity contribution in [3.63, 3.8) is 0 Å². The maximum Gasteiger partial charge on any atom is 0.268 e. The van der Waals surface area contributed by atoms with E-state index in [0.717, 1.165) is 24.1 Å². The van der Waals surface area contributed by atoms with Crippen molar-refractivity contribution in [1.82, 2.24) is 10.3 Å². The highest BCUT2D eigenvalue weighted by Crippen LogP contribution is 2.20. The lowest BCUT2D eigenvalue weighted by atomic mass is 9.94. The van der Waals surface area contributed by atoms with Crippen LogP contribution in [0.1, 0.15) is 72.6 Å². The van der Waals surface area contributed by atoms with Crippen LogP contribution in [-0.4, -0.2) is 28.8 Å². The van der Waals surface area contributed by atoms with Gasteiger partial charge >= 0.3 is 0 Å². The molecule has 0 radical (unpaired) electrons. The van der Waals surface area contributed by atoms with Crippen molar-refractivity contribution in [2.45, 2.75) is 59.4 Å². The number of carbonyl (C=O) groups excluding carboxylic acids is 2. The number of amides is 1. The minimum atomic E-state index is -0.382. The van der Waals surface area contributed by atoms with Crippen LogP contribution >= 0.6 is 0 Å². The number of ketones is 1. The third kappa shape index (κ3) is 3.73. The van der Waals surface area contributed by atoms with Crippen LogP contribution in [0.3, 0.4) is 0 Å². The zero-order chi connectivity index (χ0) is 16.2.